The summed E-state index contributed by atoms with van der Waals surface area (Å²) in [6.07, 6.45) is 1.12. The van der Waals surface area contributed by atoms with E-state index < -0.39 is 0 Å². The van der Waals surface area contributed by atoms with Crippen LogP contribution in [-0.4, -0.2) is 74.7 Å². The highest BCUT2D eigenvalue weighted by Crippen LogP contribution is 2.19. The fourth-order valence-corrected chi connectivity index (χ4v) is 4.71. The van der Waals surface area contributed by atoms with Crippen molar-refractivity contribution in [1.29, 1.82) is 0 Å². The summed E-state index contributed by atoms with van der Waals surface area (Å²) in [6.45, 7) is 12.0. The molecule has 172 valence electrons. The van der Waals surface area contributed by atoms with Gasteiger partial charge in [0.05, 0.1) is 0 Å². The maximum atomic E-state index is 4.49. The predicted molar refractivity (Wildman–Crippen MR) is 134 cm³/mol. The predicted octanol–water partition coefficient (Wildman–Crippen LogP) is 2.77. The molecule has 32 heavy (non-hydrogen) atoms. The van der Waals surface area contributed by atoms with Crippen LogP contribution in [0.2, 0.25) is 0 Å². The zero-order valence-electron chi connectivity index (χ0n) is 19.6. The summed E-state index contributed by atoms with van der Waals surface area (Å²) < 4.78 is 0. The van der Waals surface area contributed by atoms with Crippen LogP contribution in [0.25, 0.3) is 0 Å². The Labute approximate surface area is 193 Å². The van der Waals surface area contributed by atoms with Crippen LogP contribution in [0.3, 0.4) is 0 Å². The average molecular weight is 435 g/mol. The van der Waals surface area contributed by atoms with Crippen molar-refractivity contribution in [2.45, 2.75) is 32.5 Å². The van der Waals surface area contributed by atoms with Crippen LogP contribution < -0.4 is 15.5 Å². The number of guanidine groups is 1. The van der Waals surface area contributed by atoms with E-state index >= 15 is 0 Å². The van der Waals surface area contributed by atoms with Crippen molar-refractivity contribution in [3.05, 3.63) is 65.7 Å². The van der Waals surface area contributed by atoms with Crippen LogP contribution in [0.15, 0.2) is 59.6 Å². The van der Waals surface area contributed by atoms with Gasteiger partial charge in [-0.2, -0.15) is 0 Å². The first-order valence-electron chi connectivity index (χ1n) is 12.0. The number of nitrogens with zero attached hydrogens (tertiary/aromatic N) is 4. The van der Waals surface area contributed by atoms with E-state index in [4.69, 9.17) is 0 Å². The number of anilines is 1. The molecule has 0 aliphatic carbocycles. The lowest BCUT2D eigenvalue weighted by atomic mass is 10.1. The van der Waals surface area contributed by atoms with Gasteiger partial charge in [-0.05, 0) is 36.2 Å². The minimum absolute atomic E-state index is 0.409. The maximum absolute atomic E-state index is 4.49. The standard InChI is InChI=1S/C26H38N6/c1-3-30-15-17-31(18-16-30)20-23-10-8-7-9-22(23)19-28-26(27-2)29-24-13-14-32(21-24)25-11-5-4-6-12-25/h4-12,24H,3,13-21H2,1-2H3,(H2,27,28,29). The fourth-order valence-electron chi connectivity index (χ4n) is 4.71. The van der Waals surface area contributed by atoms with Crippen molar-refractivity contribution in [1.82, 2.24) is 20.4 Å². The quantitative estimate of drug-likeness (QED) is 0.518. The first-order chi connectivity index (χ1) is 15.7. The Bertz CT molecular complexity index is 860. The number of hydrogen-bond acceptors (Lipinski definition) is 4. The van der Waals surface area contributed by atoms with Crippen LogP contribution in [0.1, 0.15) is 24.5 Å². The SMILES string of the molecule is CCN1CCN(Cc2ccccc2CNC(=NC)NC2CCN(c3ccccc3)C2)CC1. The Kier molecular flexibility index (Phi) is 8.02. The molecule has 1 atom stereocenters. The summed E-state index contributed by atoms with van der Waals surface area (Å²) in [4.78, 5) is 12.0. The van der Waals surface area contributed by atoms with Crippen LogP contribution in [0.5, 0.6) is 0 Å². The zero-order chi connectivity index (χ0) is 22.2. The Hall–Kier alpha value is -2.57. The molecule has 2 heterocycles. The molecular weight excluding hydrogens is 396 g/mol. The summed E-state index contributed by atoms with van der Waals surface area (Å²) in [6, 6.07) is 19.9. The van der Waals surface area contributed by atoms with Crippen LogP contribution >= 0.6 is 0 Å². The number of para-hydroxylation sites is 1. The van der Waals surface area contributed by atoms with E-state index in [1.807, 2.05) is 7.05 Å². The summed E-state index contributed by atoms with van der Waals surface area (Å²) in [5, 5.41) is 7.18. The van der Waals surface area contributed by atoms with E-state index in [1.54, 1.807) is 0 Å². The minimum Gasteiger partial charge on any atom is -0.369 e. The van der Waals surface area contributed by atoms with Crippen molar-refractivity contribution in [3.63, 3.8) is 0 Å². The molecule has 2 saturated heterocycles. The van der Waals surface area contributed by atoms with E-state index in [1.165, 1.54) is 29.9 Å². The lowest BCUT2D eigenvalue weighted by Crippen LogP contribution is -2.46. The molecule has 6 nitrogen and oxygen atoms in total. The second-order valence-electron chi connectivity index (χ2n) is 8.82. The lowest BCUT2D eigenvalue weighted by Gasteiger charge is -2.34. The van der Waals surface area contributed by atoms with E-state index in [0.717, 1.165) is 58.2 Å². The highest BCUT2D eigenvalue weighted by Gasteiger charge is 2.23. The molecule has 0 aromatic heterocycles. The molecule has 0 saturated carbocycles. The van der Waals surface area contributed by atoms with Gasteiger partial charge in [0, 0.05) is 71.1 Å². The minimum atomic E-state index is 0.409. The molecule has 2 N–H and O–H groups in total. The molecule has 2 aliphatic rings. The van der Waals surface area contributed by atoms with E-state index in [-0.39, 0.29) is 0 Å². The topological polar surface area (TPSA) is 46.1 Å². The largest absolute Gasteiger partial charge is 0.369 e. The molecule has 2 aromatic rings. The van der Waals surface area contributed by atoms with E-state index in [0.29, 0.717) is 6.04 Å². The third-order valence-corrected chi connectivity index (χ3v) is 6.74. The van der Waals surface area contributed by atoms with Gasteiger partial charge < -0.3 is 20.4 Å². The van der Waals surface area contributed by atoms with Crippen molar-refractivity contribution in [3.8, 4) is 0 Å². The average Bonchev–Trinajstić information content (AvgIpc) is 3.32. The van der Waals surface area contributed by atoms with Gasteiger partial charge in [0.25, 0.3) is 0 Å². The summed E-state index contributed by atoms with van der Waals surface area (Å²) in [5.41, 5.74) is 4.07. The number of aliphatic imine (C=N–C) groups is 1. The van der Waals surface area contributed by atoms with Gasteiger partial charge in [0.2, 0.25) is 0 Å². The zero-order valence-corrected chi connectivity index (χ0v) is 19.6. The third kappa shape index (κ3) is 6.02. The van der Waals surface area contributed by atoms with Crippen molar-refractivity contribution in [2.75, 3.05) is 57.8 Å². The second-order valence-corrected chi connectivity index (χ2v) is 8.82. The van der Waals surface area contributed by atoms with E-state index in [9.17, 15) is 0 Å². The smallest absolute Gasteiger partial charge is 0.191 e. The lowest BCUT2D eigenvalue weighted by molar-refractivity contribution is 0.131. The number of piperazine rings is 1. The summed E-state index contributed by atoms with van der Waals surface area (Å²) in [7, 11) is 1.86. The Morgan fingerprint density at radius 1 is 0.906 bits per heavy atom. The number of benzene rings is 2. The van der Waals surface area contributed by atoms with Gasteiger partial charge in [-0.3, -0.25) is 9.89 Å². The molecule has 1 unspecified atom stereocenters. The fraction of sp³-hybridized carbons (Fsp3) is 0.500. The van der Waals surface area contributed by atoms with Gasteiger partial charge in [0.1, 0.15) is 0 Å². The van der Waals surface area contributed by atoms with Gasteiger partial charge in [-0.1, -0.05) is 49.4 Å². The Balaban J connectivity index is 1.28. The summed E-state index contributed by atoms with van der Waals surface area (Å²) in [5.74, 6) is 0.885. The van der Waals surface area contributed by atoms with Crippen molar-refractivity contribution in [2.24, 2.45) is 4.99 Å². The number of hydrogen-bond donors (Lipinski definition) is 2. The molecule has 0 amide bonds. The molecule has 2 aromatic carbocycles. The van der Waals surface area contributed by atoms with Gasteiger partial charge in [0.15, 0.2) is 5.96 Å². The highest BCUT2D eigenvalue weighted by atomic mass is 15.3. The first-order valence-corrected chi connectivity index (χ1v) is 12.0. The normalized spacial score (nSPS) is 20.5. The number of rotatable bonds is 7. The highest BCUT2D eigenvalue weighted by molar-refractivity contribution is 5.80. The molecule has 0 radical (unpaired) electrons. The number of nitrogens with one attached hydrogen (secondary N) is 2. The van der Waals surface area contributed by atoms with Crippen LogP contribution in [-0.2, 0) is 13.1 Å². The molecular formula is C26H38N6. The van der Waals surface area contributed by atoms with E-state index in [2.05, 4.69) is 91.8 Å². The maximum Gasteiger partial charge on any atom is 0.191 e. The second kappa shape index (κ2) is 11.3. The molecule has 4 rings (SSSR count). The van der Waals surface area contributed by atoms with Crippen molar-refractivity contribution >= 4 is 11.6 Å². The molecule has 0 bridgehead atoms. The molecule has 2 aliphatic heterocycles. The molecule has 6 heteroatoms. The van der Waals surface area contributed by atoms with Gasteiger partial charge >= 0.3 is 0 Å². The summed E-state index contributed by atoms with van der Waals surface area (Å²) >= 11 is 0. The molecule has 0 spiro atoms. The van der Waals surface area contributed by atoms with Crippen LogP contribution in [0, 0.1) is 0 Å². The van der Waals surface area contributed by atoms with Gasteiger partial charge in [-0.15, -0.1) is 0 Å². The first kappa shape index (κ1) is 22.6. The number of likely N-dealkylation sites (N-methyl/N-ethyl adjacent to an activating group) is 1. The monoisotopic (exact) mass is 434 g/mol. The Morgan fingerprint density at radius 3 is 2.31 bits per heavy atom. The van der Waals surface area contributed by atoms with Crippen LogP contribution in [0.4, 0.5) is 5.69 Å². The Morgan fingerprint density at radius 2 is 1.59 bits per heavy atom. The molecule has 2 fully saturated rings. The van der Waals surface area contributed by atoms with Crippen molar-refractivity contribution < 1.29 is 0 Å². The van der Waals surface area contributed by atoms with Gasteiger partial charge in [-0.25, -0.2) is 0 Å². The third-order valence-electron chi connectivity index (χ3n) is 6.74.